The highest BCUT2D eigenvalue weighted by Crippen LogP contribution is 2.30. The van der Waals surface area contributed by atoms with E-state index >= 15 is 0 Å². The highest BCUT2D eigenvalue weighted by molar-refractivity contribution is 5.81. The van der Waals surface area contributed by atoms with Crippen LogP contribution in [0.3, 0.4) is 0 Å². The van der Waals surface area contributed by atoms with Crippen molar-refractivity contribution in [3.63, 3.8) is 0 Å². The van der Waals surface area contributed by atoms with Gasteiger partial charge in [-0.25, -0.2) is 0 Å². The Hall–Kier alpha value is -0.610. The minimum atomic E-state index is -0.222. The summed E-state index contributed by atoms with van der Waals surface area (Å²) in [6.45, 7) is 6.37. The number of hydrogen-bond donors (Lipinski definition) is 1. The van der Waals surface area contributed by atoms with E-state index in [9.17, 15) is 4.79 Å². The van der Waals surface area contributed by atoms with Gasteiger partial charge in [-0.2, -0.15) is 0 Å². The lowest BCUT2D eigenvalue weighted by molar-refractivity contribution is -0.146. The maximum atomic E-state index is 12.7. The number of rotatable bonds is 4. The van der Waals surface area contributed by atoms with Gasteiger partial charge in [-0.05, 0) is 44.6 Å². The van der Waals surface area contributed by atoms with Crippen molar-refractivity contribution in [3.05, 3.63) is 0 Å². The fraction of sp³-hybridized carbons (Fsp3) is 0.933. The molecule has 1 amide bonds. The minimum Gasteiger partial charge on any atom is -0.368 e. The van der Waals surface area contributed by atoms with E-state index < -0.39 is 0 Å². The Balaban J connectivity index is 2.07. The third-order valence-corrected chi connectivity index (χ3v) is 4.83. The second-order valence-corrected chi connectivity index (χ2v) is 6.03. The van der Waals surface area contributed by atoms with Crippen LogP contribution in [0.1, 0.15) is 46.0 Å². The largest absolute Gasteiger partial charge is 0.368 e. The van der Waals surface area contributed by atoms with Gasteiger partial charge in [-0.15, -0.1) is 0 Å². The zero-order chi connectivity index (χ0) is 13.8. The van der Waals surface area contributed by atoms with Crippen molar-refractivity contribution < 1.29 is 9.53 Å². The van der Waals surface area contributed by atoms with E-state index in [1.807, 2.05) is 4.90 Å². The number of nitrogens with two attached hydrogens (primary N) is 1. The minimum absolute atomic E-state index is 0.192. The van der Waals surface area contributed by atoms with Gasteiger partial charge in [0.25, 0.3) is 5.91 Å². The Morgan fingerprint density at radius 2 is 2.05 bits per heavy atom. The van der Waals surface area contributed by atoms with E-state index in [4.69, 9.17) is 10.5 Å². The van der Waals surface area contributed by atoms with Gasteiger partial charge in [0.2, 0.25) is 0 Å². The Labute approximate surface area is 116 Å². The molecule has 0 radical (unpaired) electrons. The van der Waals surface area contributed by atoms with E-state index in [1.165, 1.54) is 12.8 Å². The Morgan fingerprint density at radius 3 is 2.63 bits per heavy atom. The SMILES string of the molecule is CCN(C(=O)C1OCCC1C)C1CCCCC1CN. The molecule has 4 heteroatoms. The number of hydrogen-bond acceptors (Lipinski definition) is 3. The van der Waals surface area contributed by atoms with Gasteiger partial charge in [0, 0.05) is 19.2 Å². The van der Waals surface area contributed by atoms with Gasteiger partial charge in [-0.1, -0.05) is 19.8 Å². The number of likely N-dealkylation sites (N-methyl/N-ethyl adjacent to an activating group) is 1. The number of ether oxygens (including phenoxy) is 1. The summed E-state index contributed by atoms with van der Waals surface area (Å²) < 4.78 is 5.65. The Kier molecular flexibility index (Phi) is 5.22. The lowest BCUT2D eigenvalue weighted by Gasteiger charge is -2.40. The van der Waals surface area contributed by atoms with E-state index in [1.54, 1.807) is 0 Å². The van der Waals surface area contributed by atoms with Gasteiger partial charge >= 0.3 is 0 Å². The fourth-order valence-corrected chi connectivity index (χ4v) is 3.60. The van der Waals surface area contributed by atoms with Gasteiger partial charge in [0.05, 0.1) is 0 Å². The molecule has 1 heterocycles. The van der Waals surface area contributed by atoms with Crippen molar-refractivity contribution in [3.8, 4) is 0 Å². The lowest BCUT2D eigenvalue weighted by Crippen LogP contribution is -2.51. The molecule has 1 aliphatic carbocycles. The van der Waals surface area contributed by atoms with Gasteiger partial charge in [0.15, 0.2) is 0 Å². The summed E-state index contributed by atoms with van der Waals surface area (Å²) in [5.74, 6) is 1.01. The van der Waals surface area contributed by atoms with Crippen LogP contribution in [0.15, 0.2) is 0 Å². The quantitative estimate of drug-likeness (QED) is 0.845. The van der Waals surface area contributed by atoms with Crippen molar-refractivity contribution in [2.75, 3.05) is 19.7 Å². The number of carbonyl (C=O) groups is 1. The molecule has 2 aliphatic rings. The maximum absolute atomic E-state index is 12.7. The molecule has 2 rings (SSSR count). The van der Waals surface area contributed by atoms with Gasteiger partial charge in [-0.3, -0.25) is 4.79 Å². The summed E-state index contributed by atoms with van der Waals surface area (Å²) in [5.41, 5.74) is 5.90. The molecule has 1 saturated heterocycles. The molecule has 19 heavy (non-hydrogen) atoms. The van der Waals surface area contributed by atoms with Crippen LogP contribution in [0.4, 0.5) is 0 Å². The van der Waals surface area contributed by atoms with Gasteiger partial charge in [0.1, 0.15) is 6.10 Å². The average molecular weight is 268 g/mol. The molecule has 4 atom stereocenters. The second kappa shape index (κ2) is 6.71. The third-order valence-electron chi connectivity index (χ3n) is 4.83. The van der Waals surface area contributed by atoms with Crippen molar-refractivity contribution in [2.45, 2.75) is 58.1 Å². The van der Waals surface area contributed by atoms with Crippen LogP contribution < -0.4 is 5.73 Å². The van der Waals surface area contributed by atoms with E-state index in [2.05, 4.69) is 13.8 Å². The summed E-state index contributed by atoms with van der Waals surface area (Å²) in [6.07, 6.45) is 5.50. The van der Waals surface area contributed by atoms with Crippen molar-refractivity contribution in [1.29, 1.82) is 0 Å². The van der Waals surface area contributed by atoms with Crippen LogP contribution in [0, 0.1) is 11.8 Å². The molecule has 2 fully saturated rings. The molecule has 110 valence electrons. The number of amides is 1. The van der Waals surface area contributed by atoms with Crippen LogP contribution in [-0.4, -0.2) is 42.6 Å². The topological polar surface area (TPSA) is 55.6 Å². The molecule has 2 N–H and O–H groups in total. The Bertz CT molecular complexity index is 309. The molecular formula is C15H28N2O2. The van der Waals surface area contributed by atoms with E-state index in [0.717, 1.165) is 32.4 Å². The molecule has 0 aromatic rings. The molecule has 1 saturated carbocycles. The molecule has 0 aromatic carbocycles. The fourth-order valence-electron chi connectivity index (χ4n) is 3.60. The highest BCUT2D eigenvalue weighted by Gasteiger charge is 2.38. The third kappa shape index (κ3) is 3.11. The summed E-state index contributed by atoms with van der Waals surface area (Å²) in [4.78, 5) is 14.8. The molecule has 1 aliphatic heterocycles. The van der Waals surface area contributed by atoms with Crippen molar-refractivity contribution in [1.82, 2.24) is 4.90 Å². The summed E-state index contributed by atoms with van der Waals surface area (Å²) in [6, 6.07) is 0.327. The monoisotopic (exact) mass is 268 g/mol. The highest BCUT2D eigenvalue weighted by atomic mass is 16.5. The van der Waals surface area contributed by atoms with Crippen LogP contribution in [0.2, 0.25) is 0 Å². The zero-order valence-electron chi connectivity index (χ0n) is 12.3. The molecule has 4 nitrogen and oxygen atoms in total. The molecular weight excluding hydrogens is 240 g/mol. The molecule has 0 spiro atoms. The molecule has 0 bridgehead atoms. The van der Waals surface area contributed by atoms with Gasteiger partial charge < -0.3 is 15.4 Å². The second-order valence-electron chi connectivity index (χ2n) is 6.03. The maximum Gasteiger partial charge on any atom is 0.252 e. The summed E-state index contributed by atoms with van der Waals surface area (Å²) in [7, 11) is 0. The first kappa shape index (κ1) is 14.8. The standard InChI is InChI=1S/C15H28N2O2/c1-3-17(13-7-5-4-6-12(13)10-16)15(18)14-11(2)8-9-19-14/h11-14H,3-10,16H2,1-2H3. The number of nitrogens with zero attached hydrogens (tertiary/aromatic N) is 1. The van der Waals surface area contributed by atoms with Crippen molar-refractivity contribution in [2.24, 2.45) is 17.6 Å². The first-order valence-electron chi connectivity index (χ1n) is 7.81. The van der Waals surface area contributed by atoms with Crippen LogP contribution >= 0.6 is 0 Å². The molecule has 4 unspecified atom stereocenters. The number of carbonyl (C=O) groups excluding carboxylic acids is 1. The van der Waals surface area contributed by atoms with Crippen LogP contribution in [0.5, 0.6) is 0 Å². The average Bonchev–Trinajstić information content (AvgIpc) is 2.86. The van der Waals surface area contributed by atoms with Crippen LogP contribution in [-0.2, 0) is 9.53 Å². The first-order valence-corrected chi connectivity index (χ1v) is 7.81. The molecule has 0 aromatic heterocycles. The first-order chi connectivity index (χ1) is 9.19. The Morgan fingerprint density at radius 1 is 1.32 bits per heavy atom. The summed E-state index contributed by atoms with van der Waals surface area (Å²) in [5, 5.41) is 0. The zero-order valence-corrected chi connectivity index (χ0v) is 12.3. The van der Waals surface area contributed by atoms with Crippen LogP contribution in [0.25, 0.3) is 0 Å². The lowest BCUT2D eigenvalue weighted by atomic mass is 9.83. The normalized spacial score (nSPS) is 35.3. The van der Waals surface area contributed by atoms with E-state index in [-0.39, 0.29) is 12.0 Å². The summed E-state index contributed by atoms with van der Waals surface area (Å²) >= 11 is 0. The predicted octanol–water partition coefficient (Wildman–Crippen LogP) is 1.78. The smallest absolute Gasteiger partial charge is 0.252 e. The predicted molar refractivity (Wildman–Crippen MR) is 75.7 cm³/mol. The van der Waals surface area contributed by atoms with Crippen molar-refractivity contribution >= 4 is 5.91 Å². The van der Waals surface area contributed by atoms with E-state index in [0.29, 0.717) is 24.4 Å².